The molecule has 0 amide bonds. The van der Waals surface area contributed by atoms with Crippen molar-refractivity contribution in [3.05, 3.63) is 41.3 Å². The number of nitrogens with zero attached hydrogens (tertiary/aromatic N) is 2. The van der Waals surface area contributed by atoms with Gasteiger partial charge in [0.15, 0.2) is 17.3 Å². The molecule has 7 nitrogen and oxygen atoms in total. The van der Waals surface area contributed by atoms with Crippen LogP contribution in [0.25, 0.3) is 0 Å². The molecule has 0 spiro atoms. The number of rotatable bonds is 7. The number of aryl methyl sites for hydroxylation is 1. The number of ether oxygens (including phenoxy) is 3. The Balaban J connectivity index is 1.90. The van der Waals surface area contributed by atoms with E-state index in [4.69, 9.17) is 18.7 Å². The van der Waals surface area contributed by atoms with Crippen LogP contribution in [0, 0.1) is 0 Å². The first-order valence-corrected chi connectivity index (χ1v) is 8.83. The van der Waals surface area contributed by atoms with Gasteiger partial charge in [-0.1, -0.05) is 18.1 Å². The van der Waals surface area contributed by atoms with Gasteiger partial charge in [-0.05, 0) is 24.1 Å². The predicted molar refractivity (Wildman–Crippen MR) is 95.4 cm³/mol. The first-order chi connectivity index (χ1) is 12.7. The molecule has 2 atom stereocenters. The first-order valence-electron chi connectivity index (χ1n) is 8.83. The van der Waals surface area contributed by atoms with Crippen molar-refractivity contribution in [3.8, 4) is 11.5 Å². The number of benzene rings is 1. The van der Waals surface area contributed by atoms with Crippen LogP contribution in [0.4, 0.5) is 0 Å². The van der Waals surface area contributed by atoms with Gasteiger partial charge in [0.25, 0.3) is 0 Å². The maximum absolute atomic E-state index is 9.83. The molecule has 1 saturated heterocycles. The summed E-state index contributed by atoms with van der Waals surface area (Å²) in [5.41, 5.74) is 1.94. The number of hydrogen-bond donors (Lipinski definition) is 1. The summed E-state index contributed by atoms with van der Waals surface area (Å²) >= 11 is 0. The zero-order chi connectivity index (χ0) is 18.5. The molecule has 1 N–H and O–H groups in total. The maximum atomic E-state index is 9.83. The van der Waals surface area contributed by atoms with E-state index in [0.717, 1.165) is 30.0 Å². The van der Waals surface area contributed by atoms with Gasteiger partial charge in [-0.2, -0.15) is 0 Å². The fourth-order valence-electron chi connectivity index (χ4n) is 3.38. The minimum Gasteiger partial charge on any atom is -0.493 e. The van der Waals surface area contributed by atoms with Gasteiger partial charge in [0.05, 0.1) is 45.7 Å². The molecule has 2 aromatic rings. The van der Waals surface area contributed by atoms with Crippen molar-refractivity contribution in [1.82, 2.24) is 10.1 Å². The van der Waals surface area contributed by atoms with Crippen molar-refractivity contribution >= 4 is 0 Å². The summed E-state index contributed by atoms with van der Waals surface area (Å²) in [4.78, 5) is 2.24. The highest BCUT2D eigenvalue weighted by molar-refractivity contribution is 5.44. The lowest BCUT2D eigenvalue weighted by Crippen LogP contribution is -2.46. The summed E-state index contributed by atoms with van der Waals surface area (Å²) in [5.74, 6) is 2.13. The van der Waals surface area contributed by atoms with Crippen molar-refractivity contribution in [2.75, 3.05) is 34.0 Å². The van der Waals surface area contributed by atoms with E-state index in [2.05, 4.69) is 10.1 Å². The van der Waals surface area contributed by atoms with Crippen LogP contribution in [-0.2, 0) is 17.7 Å². The number of hydrogen-bond acceptors (Lipinski definition) is 7. The molecular weight excluding hydrogens is 336 g/mol. The summed E-state index contributed by atoms with van der Waals surface area (Å²) in [6.07, 6.45) is 0.515. The zero-order valence-corrected chi connectivity index (χ0v) is 15.5. The number of aliphatic hydroxyl groups is 1. The Labute approximate surface area is 153 Å². The second-order valence-electron chi connectivity index (χ2n) is 6.26. The fourth-order valence-corrected chi connectivity index (χ4v) is 3.38. The van der Waals surface area contributed by atoms with Gasteiger partial charge in [-0.3, -0.25) is 4.90 Å². The van der Waals surface area contributed by atoms with E-state index in [0.29, 0.717) is 24.7 Å². The van der Waals surface area contributed by atoms with E-state index in [-0.39, 0.29) is 18.8 Å². The summed E-state index contributed by atoms with van der Waals surface area (Å²) in [6, 6.07) is 7.65. The van der Waals surface area contributed by atoms with Crippen molar-refractivity contribution < 1.29 is 23.8 Å². The van der Waals surface area contributed by atoms with E-state index >= 15 is 0 Å². The molecule has 0 bridgehead atoms. The topological polar surface area (TPSA) is 77.2 Å². The highest BCUT2D eigenvalue weighted by Crippen LogP contribution is 2.36. The normalized spacial score (nSPS) is 20.9. The predicted octanol–water partition coefficient (Wildman–Crippen LogP) is 2.19. The van der Waals surface area contributed by atoms with Crippen LogP contribution in [0.15, 0.2) is 28.8 Å². The van der Waals surface area contributed by atoms with Crippen molar-refractivity contribution in [2.24, 2.45) is 0 Å². The van der Waals surface area contributed by atoms with Crippen LogP contribution in [0.3, 0.4) is 0 Å². The Hall–Kier alpha value is -2.09. The smallest absolute Gasteiger partial charge is 0.161 e. The van der Waals surface area contributed by atoms with Crippen molar-refractivity contribution in [3.63, 3.8) is 0 Å². The monoisotopic (exact) mass is 362 g/mol. The maximum Gasteiger partial charge on any atom is 0.161 e. The van der Waals surface area contributed by atoms with Crippen LogP contribution in [0.2, 0.25) is 0 Å². The largest absolute Gasteiger partial charge is 0.493 e. The highest BCUT2D eigenvalue weighted by Gasteiger charge is 2.34. The Morgan fingerprint density at radius 1 is 1.23 bits per heavy atom. The molecule has 1 aliphatic rings. The summed E-state index contributed by atoms with van der Waals surface area (Å²) in [6.45, 7) is 3.88. The Morgan fingerprint density at radius 3 is 2.69 bits per heavy atom. The van der Waals surface area contributed by atoms with Crippen molar-refractivity contribution in [1.29, 1.82) is 0 Å². The highest BCUT2D eigenvalue weighted by atomic mass is 16.5. The summed E-state index contributed by atoms with van der Waals surface area (Å²) in [5, 5.41) is 13.9. The van der Waals surface area contributed by atoms with Gasteiger partial charge in [0, 0.05) is 12.6 Å². The molecule has 1 aliphatic heterocycles. The third-order valence-corrected chi connectivity index (χ3v) is 4.71. The van der Waals surface area contributed by atoms with Crippen LogP contribution in [0.5, 0.6) is 11.5 Å². The van der Waals surface area contributed by atoms with Crippen LogP contribution in [0.1, 0.15) is 30.0 Å². The third-order valence-electron chi connectivity index (χ3n) is 4.71. The second-order valence-corrected chi connectivity index (χ2v) is 6.26. The summed E-state index contributed by atoms with van der Waals surface area (Å²) < 4.78 is 22.0. The number of aromatic nitrogens is 1. The average Bonchev–Trinajstić information content (AvgIpc) is 3.14. The van der Waals surface area contributed by atoms with Gasteiger partial charge in [0.1, 0.15) is 6.10 Å². The van der Waals surface area contributed by atoms with E-state index < -0.39 is 0 Å². The molecule has 1 aromatic heterocycles. The molecule has 1 aromatic carbocycles. The first kappa shape index (κ1) is 18.7. The lowest BCUT2D eigenvalue weighted by molar-refractivity contribution is -0.0977. The van der Waals surface area contributed by atoms with Crippen LogP contribution >= 0.6 is 0 Å². The number of methoxy groups -OCH3 is 2. The molecule has 0 radical (unpaired) electrons. The molecule has 2 heterocycles. The Morgan fingerprint density at radius 2 is 2.04 bits per heavy atom. The summed E-state index contributed by atoms with van der Waals surface area (Å²) in [7, 11) is 3.22. The number of aliphatic hydroxyl groups excluding tert-OH is 1. The molecule has 0 saturated carbocycles. The molecule has 26 heavy (non-hydrogen) atoms. The Bertz CT molecular complexity index is 718. The molecule has 142 valence electrons. The lowest BCUT2D eigenvalue weighted by Gasteiger charge is -2.40. The van der Waals surface area contributed by atoms with Gasteiger partial charge in [0.2, 0.25) is 0 Å². The van der Waals surface area contributed by atoms with E-state index in [1.54, 1.807) is 14.2 Å². The standard InChI is InChI=1S/C19H26N2O5/c1-4-14-10-15(26-20-14)11-21-7-8-25-18(12-22)19(21)13-5-6-16(23-2)17(9-13)24-3/h5-6,9-10,18-19,22H,4,7-8,11-12H2,1-3H3/t18-,19-/m1/s1. The van der Waals surface area contributed by atoms with Crippen LogP contribution < -0.4 is 9.47 Å². The molecule has 3 rings (SSSR count). The van der Waals surface area contributed by atoms with Gasteiger partial charge in [-0.25, -0.2) is 0 Å². The second kappa shape index (κ2) is 8.53. The quantitative estimate of drug-likeness (QED) is 0.809. The van der Waals surface area contributed by atoms with Gasteiger partial charge >= 0.3 is 0 Å². The SMILES string of the molecule is CCc1cc(CN2CCO[C@H](CO)[C@H]2c2ccc(OC)c(OC)c2)on1. The minimum atomic E-state index is -0.324. The molecule has 7 heteroatoms. The average molecular weight is 362 g/mol. The Kier molecular flexibility index (Phi) is 6.13. The van der Waals surface area contributed by atoms with Crippen molar-refractivity contribution in [2.45, 2.75) is 32.0 Å². The zero-order valence-electron chi connectivity index (χ0n) is 15.5. The van der Waals surface area contributed by atoms with Gasteiger partial charge < -0.3 is 23.8 Å². The van der Waals surface area contributed by atoms with E-state index in [9.17, 15) is 5.11 Å². The lowest BCUT2D eigenvalue weighted by atomic mass is 9.97. The van der Waals surface area contributed by atoms with Gasteiger partial charge in [-0.15, -0.1) is 0 Å². The third kappa shape index (κ3) is 3.85. The molecular formula is C19H26N2O5. The fraction of sp³-hybridized carbons (Fsp3) is 0.526. The molecule has 0 unspecified atom stereocenters. The molecule has 0 aliphatic carbocycles. The van der Waals surface area contributed by atoms with Crippen LogP contribution in [-0.4, -0.2) is 55.2 Å². The molecule has 1 fully saturated rings. The number of morpholine rings is 1. The minimum absolute atomic E-state index is 0.0634. The van der Waals surface area contributed by atoms with E-state index in [1.165, 1.54) is 0 Å². The van der Waals surface area contributed by atoms with E-state index in [1.807, 2.05) is 31.2 Å².